The molecule has 1 aliphatic heterocycles. The number of carbonyl (C=O) groups is 1. The minimum absolute atomic E-state index is 0.0943. The van der Waals surface area contributed by atoms with E-state index in [4.69, 9.17) is 33.5 Å². The van der Waals surface area contributed by atoms with Gasteiger partial charge in [0.25, 0.3) is 0 Å². The molecule has 42 heavy (non-hydrogen) atoms. The average molecular weight is 607 g/mol. The quantitative estimate of drug-likeness (QED) is 0.0773. The van der Waals surface area contributed by atoms with Crippen LogP contribution in [0.25, 0.3) is 0 Å². The molecule has 0 spiro atoms. The third kappa shape index (κ3) is 20.2. The average Bonchev–Trinajstić information content (AvgIpc) is 3.40. The van der Waals surface area contributed by atoms with E-state index in [2.05, 4.69) is 6.92 Å². The monoisotopic (exact) mass is 606 g/mol. The Morgan fingerprint density at radius 3 is 1.83 bits per heavy atom. The maximum atomic E-state index is 12.1. The normalized spacial score (nSPS) is 19.4. The molecule has 0 saturated carbocycles. The predicted molar refractivity (Wildman–Crippen MR) is 162 cm³/mol. The zero-order chi connectivity index (χ0) is 30.5. The van der Waals surface area contributed by atoms with Crippen molar-refractivity contribution in [2.45, 2.75) is 134 Å². The topological polar surface area (TPSA) is 133 Å². The van der Waals surface area contributed by atoms with Gasteiger partial charge in [-0.15, -0.1) is 0 Å². The fourth-order valence-electron chi connectivity index (χ4n) is 5.23. The number of hydrogen-bond acceptors (Lipinski definition) is 10. The lowest BCUT2D eigenvalue weighted by molar-refractivity contribution is -0.149. The molecule has 1 saturated heterocycles. The molecule has 1 heterocycles. The molecule has 0 aliphatic carbocycles. The lowest BCUT2D eigenvalue weighted by atomic mass is 10.0. The van der Waals surface area contributed by atoms with Crippen molar-refractivity contribution < 1.29 is 48.5 Å². The maximum absolute atomic E-state index is 12.1. The van der Waals surface area contributed by atoms with Gasteiger partial charge in [0.1, 0.15) is 31.0 Å². The van der Waals surface area contributed by atoms with Crippen molar-refractivity contribution in [3.8, 4) is 0 Å². The second kappa shape index (κ2) is 28.9. The largest absolute Gasteiger partial charge is 0.463 e. The van der Waals surface area contributed by atoms with Crippen LogP contribution in [0.1, 0.15) is 110 Å². The van der Waals surface area contributed by atoms with Gasteiger partial charge in [0.15, 0.2) is 0 Å². The van der Waals surface area contributed by atoms with Crippen molar-refractivity contribution in [2.75, 3.05) is 66.1 Å². The van der Waals surface area contributed by atoms with Crippen molar-refractivity contribution in [2.24, 2.45) is 0 Å². The number of unbranched alkanes of at least 4 members (excludes halogenated alkanes) is 14. The Bertz CT molecular complexity index is 594. The Labute approximate surface area is 254 Å². The molecule has 0 aromatic carbocycles. The molecule has 0 amide bonds. The summed E-state index contributed by atoms with van der Waals surface area (Å²) >= 11 is 0. The number of esters is 1. The zero-order valence-corrected chi connectivity index (χ0v) is 26.4. The molecule has 0 aromatic rings. The fourth-order valence-corrected chi connectivity index (χ4v) is 5.23. The Kier molecular flexibility index (Phi) is 26.9. The summed E-state index contributed by atoms with van der Waals surface area (Å²) < 4.78 is 34.0. The first-order valence-electron chi connectivity index (χ1n) is 16.7. The van der Waals surface area contributed by atoms with Gasteiger partial charge in [-0.3, -0.25) is 4.79 Å². The number of rotatable bonds is 31. The summed E-state index contributed by atoms with van der Waals surface area (Å²) in [5, 5.41) is 27.5. The molecule has 2 unspecified atom stereocenters. The second-order valence-electron chi connectivity index (χ2n) is 11.1. The van der Waals surface area contributed by atoms with Gasteiger partial charge in [0.2, 0.25) is 0 Å². The van der Waals surface area contributed by atoms with Crippen LogP contribution >= 0.6 is 0 Å². The molecule has 250 valence electrons. The summed E-state index contributed by atoms with van der Waals surface area (Å²) in [5.74, 6) is -0.207. The number of ether oxygens (including phenoxy) is 6. The van der Waals surface area contributed by atoms with Crippen LogP contribution in [-0.2, 0) is 33.2 Å². The van der Waals surface area contributed by atoms with E-state index in [1.807, 2.05) is 0 Å². The van der Waals surface area contributed by atoms with Crippen LogP contribution in [-0.4, -0.2) is 112 Å². The number of carbonyl (C=O) groups excluding carboxylic acids is 1. The molecule has 0 bridgehead atoms. The predicted octanol–water partition coefficient (Wildman–Crippen LogP) is 4.34. The highest BCUT2D eigenvalue weighted by Gasteiger charge is 2.44. The van der Waals surface area contributed by atoms with Crippen LogP contribution in [0, 0.1) is 0 Å². The van der Waals surface area contributed by atoms with Crippen LogP contribution in [0.4, 0.5) is 0 Å². The van der Waals surface area contributed by atoms with Crippen molar-refractivity contribution in [1.82, 2.24) is 0 Å². The molecule has 1 fully saturated rings. The maximum Gasteiger partial charge on any atom is 0.305 e. The highest BCUT2D eigenvalue weighted by atomic mass is 16.6. The van der Waals surface area contributed by atoms with Crippen molar-refractivity contribution in [3.63, 3.8) is 0 Å². The Morgan fingerprint density at radius 1 is 0.714 bits per heavy atom. The van der Waals surface area contributed by atoms with E-state index in [1.165, 1.54) is 83.5 Å². The third-order valence-corrected chi connectivity index (χ3v) is 7.51. The SMILES string of the molecule is CCCCCCCCCCCCCCCCCC(=O)OCCOCC(OCCO)[C@H]1OCC(OCCO)[C@H]1OCCO. The fraction of sp³-hybridized carbons (Fsp3) is 0.969. The Balaban J connectivity index is 2.10. The van der Waals surface area contributed by atoms with Crippen LogP contribution in [0.15, 0.2) is 0 Å². The third-order valence-electron chi connectivity index (χ3n) is 7.51. The summed E-state index contributed by atoms with van der Waals surface area (Å²) in [4.78, 5) is 12.1. The number of aliphatic hydroxyl groups is 3. The number of hydrogen-bond donors (Lipinski definition) is 3. The molecule has 10 heteroatoms. The van der Waals surface area contributed by atoms with E-state index in [1.54, 1.807) is 0 Å². The highest BCUT2D eigenvalue weighted by Crippen LogP contribution is 2.25. The van der Waals surface area contributed by atoms with Crippen LogP contribution in [0.5, 0.6) is 0 Å². The van der Waals surface area contributed by atoms with E-state index in [0.717, 1.165) is 12.8 Å². The first-order valence-corrected chi connectivity index (χ1v) is 16.7. The van der Waals surface area contributed by atoms with Crippen molar-refractivity contribution >= 4 is 5.97 Å². The summed E-state index contributed by atoms with van der Waals surface area (Å²) in [6.07, 6.45) is 17.7. The Hall–Kier alpha value is -0.850. The molecule has 1 rings (SSSR count). The lowest BCUT2D eigenvalue weighted by Gasteiger charge is -2.29. The van der Waals surface area contributed by atoms with Gasteiger partial charge in [-0.1, -0.05) is 96.8 Å². The minimum Gasteiger partial charge on any atom is -0.463 e. The first kappa shape index (κ1) is 39.2. The molecule has 4 atom stereocenters. The van der Waals surface area contributed by atoms with Gasteiger partial charge >= 0.3 is 5.97 Å². The molecule has 10 nitrogen and oxygen atoms in total. The molecular weight excluding hydrogens is 544 g/mol. The minimum atomic E-state index is -0.556. The van der Waals surface area contributed by atoms with E-state index in [-0.39, 0.29) is 72.0 Å². The first-order chi connectivity index (χ1) is 20.7. The van der Waals surface area contributed by atoms with E-state index in [9.17, 15) is 15.0 Å². The van der Waals surface area contributed by atoms with Crippen molar-refractivity contribution in [1.29, 1.82) is 0 Å². The van der Waals surface area contributed by atoms with Gasteiger partial charge in [0.05, 0.1) is 59.5 Å². The van der Waals surface area contributed by atoms with Gasteiger partial charge < -0.3 is 43.7 Å². The van der Waals surface area contributed by atoms with Gasteiger partial charge in [-0.2, -0.15) is 0 Å². The van der Waals surface area contributed by atoms with E-state index >= 15 is 0 Å². The van der Waals surface area contributed by atoms with Crippen LogP contribution in [0.3, 0.4) is 0 Å². The van der Waals surface area contributed by atoms with Crippen LogP contribution in [0.2, 0.25) is 0 Å². The van der Waals surface area contributed by atoms with Gasteiger partial charge in [-0.25, -0.2) is 0 Å². The molecule has 0 radical (unpaired) electrons. The molecule has 1 aliphatic rings. The molecule has 0 aromatic heterocycles. The summed E-state index contributed by atoms with van der Waals surface area (Å²) in [6.45, 7) is 2.92. The molecular formula is C32H62O10. The molecule has 3 N–H and O–H groups in total. The zero-order valence-electron chi connectivity index (χ0n) is 26.4. The van der Waals surface area contributed by atoms with Crippen LogP contribution < -0.4 is 0 Å². The smallest absolute Gasteiger partial charge is 0.305 e. The van der Waals surface area contributed by atoms with Crippen molar-refractivity contribution in [3.05, 3.63) is 0 Å². The van der Waals surface area contributed by atoms with E-state index in [0.29, 0.717) is 6.42 Å². The number of aliphatic hydroxyl groups excluding tert-OH is 3. The van der Waals surface area contributed by atoms with Gasteiger partial charge in [-0.05, 0) is 6.42 Å². The standard InChI is InChI=1S/C32H62O10/c1-2-3-4-5-6-7-8-9-10-11-12-13-14-15-16-17-30(36)40-25-24-37-26-28(38-21-18-33)32-31(41-23-20-35)29(27-42-32)39-22-19-34/h28-29,31-35H,2-27H2,1H3/t28?,29?,31-,32-/m1/s1. The summed E-state index contributed by atoms with van der Waals surface area (Å²) in [7, 11) is 0. The highest BCUT2D eigenvalue weighted by molar-refractivity contribution is 5.69. The Morgan fingerprint density at radius 2 is 1.26 bits per heavy atom. The summed E-state index contributed by atoms with van der Waals surface area (Å²) in [6, 6.07) is 0. The van der Waals surface area contributed by atoms with E-state index < -0.39 is 24.4 Å². The van der Waals surface area contributed by atoms with Gasteiger partial charge in [0, 0.05) is 6.42 Å². The lowest BCUT2D eigenvalue weighted by Crippen LogP contribution is -2.45. The second-order valence-corrected chi connectivity index (χ2v) is 11.1. The summed E-state index contributed by atoms with van der Waals surface area (Å²) in [5.41, 5.74) is 0.